The zero-order valence-electron chi connectivity index (χ0n) is 12.6. The summed E-state index contributed by atoms with van der Waals surface area (Å²) < 4.78 is 5.74. The van der Waals surface area contributed by atoms with Crippen LogP contribution in [-0.4, -0.2) is 23.2 Å². The Morgan fingerprint density at radius 3 is 2.57 bits per heavy atom. The van der Waals surface area contributed by atoms with Crippen LogP contribution < -0.4 is 10.1 Å². The van der Waals surface area contributed by atoms with E-state index in [0.717, 1.165) is 10.8 Å². The summed E-state index contributed by atoms with van der Waals surface area (Å²) in [6.45, 7) is 5.38. The molecule has 0 spiro atoms. The molecule has 0 radical (unpaired) electrons. The number of carbonyl (C=O) groups excluding carboxylic acids is 1. The van der Waals surface area contributed by atoms with Crippen molar-refractivity contribution >= 4 is 16.7 Å². The van der Waals surface area contributed by atoms with E-state index in [-0.39, 0.29) is 18.6 Å². The van der Waals surface area contributed by atoms with Crippen molar-refractivity contribution in [2.45, 2.75) is 39.5 Å². The Hall–Kier alpha value is -2.07. The molecular weight excluding hydrogens is 266 g/mol. The number of rotatable bonds is 5. The molecule has 1 unspecified atom stereocenters. The zero-order chi connectivity index (χ0) is 15.4. The van der Waals surface area contributed by atoms with Crippen LogP contribution in [0.15, 0.2) is 36.4 Å². The van der Waals surface area contributed by atoms with Crippen molar-refractivity contribution in [1.82, 2.24) is 5.32 Å². The Labute approximate surface area is 124 Å². The van der Waals surface area contributed by atoms with E-state index in [1.165, 1.54) is 0 Å². The van der Waals surface area contributed by atoms with Gasteiger partial charge in [-0.2, -0.15) is 0 Å². The number of ether oxygens (including phenoxy) is 1. The largest absolute Gasteiger partial charge is 0.481 e. The van der Waals surface area contributed by atoms with Crippen molar-refractivity contribution in [3.63, 3.8) is 0 Å². The molecule has 1 atom stereocenters. The van der Waals surface area contributed by atoms with Gasteiger partial charge in [-0.15, -0.1) is 0 Å². The third-order valence-corrected chi connectivity index (χ3v) is 3.26. The summed E-state index contributed by atoms with van der Waals surface area (Å²) in [5.41, 5.74) is 0.706. The molecule has 2 N–H and O–H groups in total. The van der Waals surface area contributed by atoms with Gasteiger partial charge < -0.3 is 15.2 Å². The zero-order valence-corrected chi connectivity index (χ0v) is 12.6. The summed E-state index contributed by atoms with van der Waals surface area (Å²) in [5, 5.41) is 14.4. The van der Waals surface area contributed by atoms with Gasteiger partial charge >= 0.3 is 0 Å². The number of aliphatic hydroxyl groups is 1. The number of carbonyl (C=O) groups is 1. The molecule has 0 aromatic heterocycles. The van der Waals surface area contributed by atoms with Crippen LogP contribution in [0.1, 0.15) is 26.3 Å². The fourth-order valence-electron chi connectivity index (χ4n) is 2.24. The number of aliphatic hydroxyl groups excluding tert-OH is 1. The first-order valence-corrected chi connectivity index (χ1v) is 7.11. The number of hydrogen-bond acceptors (Lipinski definition) is 3. The summed E-state index contributed by atoms with van der Waals surface area (Å²) in [7, 11) is 0. The van der Waals surface area contributed by atoms with E-state index in [1.54, 1.807) is 13.0 Å². The van der Waals surface area contributed by atoms with Gasteiger partial charge in [0.05, 0.1) is 6.61 Å². The molecule has 21 heavy (non-hydrogen) atoms. The van der Waals surface area contributed by atoms with Gasteiger partial charge in [0.1, 0.15) is 5.75 Å². The van der Waals surface area contributed by atoms with Crippen LogP contribution >= 0.6 is 0 Å². The van der Waals surface area contributed by atoms with Crippen molar-refractivity contribution in [3.05, 3.63) is 42.0 Å². The minimum atomic E-state index is -0.612. The average Bonchev–Trinajstić information content (AvgIpc) is 2.46. The van der Waals surface area contributed by atoms with E-state index in [9.17, 15) is 9.90 Å². The van der Waals surface area contributed by atoms with Crippen molar-refractivity contribution in [3.8, 4) is 5.75 Å². The SMILES string of the molecule is CC(C)NC(=O)C(C)Oc1ccc2ccccc2c1CO. The summed E-state index contributed by atoms with van der Waals surface area (Å²) in [6, 6.07) is 11.6. The second-order valence-electron chi connectivity index (χ2n) is 5.34. The van der Waals surface area contributed by atoms with Gasteiger partial charge in [-0.1, -0.05) is 30.3 Å². The molecule has 0 saturated carbocycles. The fourth-order valence-corrected chi connectivity index (χ4v) is 2.24. The first-order valence-electron chi connectivity index (χ1n) is 7.11. The van der Waals surface area contributed by atoms with Crippen LogP contribution in [-0.2, 0) is 11.4 Å². The molecule has 2 rings (SSSR count). The van der Waals surface area contributed by atoms with Crippen LogP contribution in [0.4, 0.5) is 0 Å². The normalized spacial score (nSPS) is 12.4. The lowest BCUT2D eigenvalue weighted by atomic mass is 10.0. The summed E-state index contributed by atoms with van der Waals surface area (Å²) >= 11 is 0. The van der Waals surface area contributed by atoms with Gasteiger partial charge in [0.15, 0.2) is 6.10 Å². The lowest BCUT2D eigenvalue weighted by Crippen LogP contribution is -2.40. The minimum absolute atomic E-state index is 0.0671. The van der Waals surface area contributed by atoms with Gasteiger partial charge in [0.2, 0.25) is 0 Å². The topological polar surface area (TPSA) is 58.6 Å². The number of amides is 1. The van der Waals surface area contributed by atoms with Crippen molar-refractivity contribution in [1.29, 1.82) is 0 Å². The highest BCUT2D eigenvalue weighted by Crippen LogP contribution is 2.28. The summed E-state index contributed by atoms with van der Waals surface area (Å²) in [4.78, 5) is 11.9. The molecule has 4 nitrogen and oxygen atoms in total. The Bertz CT molecular complexity index is 637. The molecule has 0 bridgehead atoms. The van der Waals surface area contributed by atoms with Gasteiger partial charge in [-0.3, -0.25) is 4.79 Å². The molecule has 0 heterocycles. The monoisotopic (exact) mass is 287 g/mol. The molecule has 0 aliphatic heterocycles. The average molecular weight is 287 g/mol. The fraction of sp³-hybridized carbons (Fsp3) is 0.353. The Morgan fingerprint density at radius 1 is 1.19 bits per heavy atom. The Kier molecular flexibility index (Phi) is 4.81. The van der Waals surface area contributed by atoms with Gasteiger partial charge in [0, 0.05) is 11.6 Å². The van der Waals surface area contributed by atoms with Crippen molar-refractivity contribution in [2.24, 2.45) is 0 Å². The molecule has 2 aromatic rings. The van der Waals surface area contributed by atoms with Crippen LogP contribution in [0.3, 0.4) is 0 Å². The Balaban J connectivity index is 2.28. The second kappa shape index (κ2) is 6.59. The highest BCUT2D eigenvalue weighted by molar-refractivity contribution is 5.88. The predicted molar refractivity (Wildman–Crippen MR) is 83.2 cm³/mol. The maximum absolute atomic E-state index is 11.9. The van der Waals surface area contributed by atoms with E-state index in [2.05, 4.69) is 5.32 Å². The lowest BCUT2D eigenvalue weighted by molar-refractivity contribution is -0.127. The van der Waals surface area contributed by atoms with Gasteiger partial charge in [-0.05, 0) is 37.6 Å². The highest BCUT2D eigenvalue weighted by Gasteiger charge is 2.17. The molecule has 2 aromatic carbocycles. The number of hydrogen-bond donors (Lipinski definition) is 2. The summed E-state index contributed by atoms with van der Waals surface area (Å²) in [5.74, 6) is 0.379. The molecule has 0 saturated heterocycles. The first-order chi connectivity index (χ1) is 10.0. The summed E-state index contributed by atoms with van der Waals surface area (Å²) in [6.07, 6.45) is -0.612. The number of fused-ring (bicyclic) bond motifs is 1. The van der Waals surface area contributed by atoms with Crippen LogP contribution in [0.5, 0.6) is 5.75 Å². The molecule has 112 valence electrons. The maximum Gasteiger partial charge on any atom is 0.260 e. The third-order valence-electron chi connectivity index (χ3n) is 3.26. The van der Waals surface area contributed by atoms with E-state index in [1.807, 2.05) is 44.2 Å². The maximum atomic E-state index is 11.9. The second-order valence-corrected chi connectivity index (χ2v) is 5.34. The molecular formula is C17H21NO3. The Morgan fingerprint density at radius 2 is 1.90 bits per heavy atom. The van der Waals surface area contributed by atoms with E-state index >= 15 is 0 Å². The molecule has 4 heteroatoms. The lowest BCUT2D eigenvalue weighted by Gasteiger charge is -2.19. The van der Waals surface area contributed by atoms with E-state index in [4.69, 9.17) is 4.74 Å². The minimum Gasteiger partial charge on any atom is -0.481 e. The molecule has 0 aliphatic carbocycles. The van der Waals surface area contributed by atoms with Gasteiger partial charge in [-0.25, -0.2) is 0 Å². The van der Waals surface area contributed by atoms with Crippen LogP contribution in [0.25, 0.3) is 10.8 Å². The standard InChI is InChI=1S/C17H21NO3/c1-11(2)18-17(20)12(3)21-16-9-8-13-6-4-5-7-14(13)15(16)10-19/h4-9,11-12,19H,10H2,1-3H3,(H,18,20). The number of benzene rings is 2. The van der Waals surface area contributed by atoms with Gasteiger partial charge in [0.25, 0.3) is 5.91 Å². The van der Waals surface area contributed by atoms with E-state index < -0.39 is 6.10 Å². The smallest absolute Gasteiger partial charge is 0.260 e. The van der Waals surface area contributed by atoms with Crippen LogP contribution in [0, 0.1) is 0 Å². The van der Waals surface area contributed by atoms with Crippen molar-refractivity contribution < 1.29 is 14.6 Å². The molecule has 0 aliphatic rings. The predicted octanol–water partition coefficient (Wildman–Crippen LogP) is 2.62. The third kappa shape index (κ3) is 3.52. The van der Waals surface area contributed by atoms with Crippen LogP contribution in [0.2, 0.25) is 0 Å². The first kappa shape index (κ1) is 15.3. The molecule has 1 amide bonds. The highest BCUT2D eigenvalue weighted by atomic mass is 16.5. The van der Waals surface area contributed by atoms with E-state index in [0.29, 0.717) is 11.3 Å². The number of nitrogens with one attached hydrogen (secondary N) is 1. The quantitative estimate of drug-likeness (QED) is 0.888. The molecule has 0 fully saturated rings. The van der Waals surface area contributed by atoms with Crippen molar-refractivity contribution in [2.75, 3.05) is 0 Å².